The molecule has 1 aliphatic carbocycles. The molecule has 6 atom stereocenters. The summed E-state index contributed by atoms with van der Waals surface area (Å²) in [6.45, 7) is 8.37. The van der Waals surface area contributed by atoms with Gasteiger partial charge in [-0.05, 0) is 44.4 Å². The molecule has 0 spiro atoms. The molecule has 0 heterocycles. The number of rotatable bonds is 8. The summed E-state index contributed by atoms with van der Waals surface area (Å²) < 4.78 is 5.50. The number of carbonyl (C=O) groups excluding carboxylic acids is 3. The zero-order chi connectivity index (χ0) is 20.2. The fourth-order valence-electron chi connectivity index (χ4n) is 3.49. The van der Waals surface area contributed by atoms with Gasteiger partial charge in [-0.1, -0.05) is 27.2 Å². The van der Waals surface area contributed by atoms with E-state index in [1.807, 2.05) is 20.8 Å². The zero-order valence-corrected chi connectivity index (χ0v) is 16.3. The molecule has 0 radical (unpaired) electrons. The molecule has 6 unspecified atom stereocenters. The number of aliphatic hydroxyl groups excluding tert-OH is 2. The van der Waals surface area contributed by atoms with Gasteiger partial charge in [-0.2, -0.15) is 0 Å². The van der Waals surface area contributed by atoms with Gasteiger partial charge in [0.1, 0.15) is 18.3 Å². The van der Waals surface area contributed by atoms with Crippen LogP contribution < -0.4 is 0 Å². The Morgan fingerprint density at radius 2 is 1.65 bits per heavy atom. The summed E-state index contributed by atoms with van der Waals surface area (Å²) in [4.78, 5) is 36.8. The first-order valence-electron chi connectivity index (χ1n) is 9.26. The van der Waals surface area contributed by atoms with E-state index in [4.69, 9.17) is 4.74 Å². The summed E-state index contributed by atoms with van der Waals surface area (Å²) in [7, 11) is 0. The van der Waals surface area contributed by atoms with Crippen molar-refractivity contribution in [3.63, 3.8) is 0 Å². The molecular formula is C19H32O7. The minimum absolute atomic E-state index is 0.0912. The summed E-state index contributed by atoms with van der Waals surface area (Å²) in [6.07, 6.45) is -2.02. The van der Waals surface area contributed by atoms with Crippen molar-refractivity contribution in [2.75, 3.05) is 0 Å². The number of hydrogen-bond acceptors (Lipinski definition) is 7. The molecule has 0 aromatic rings. The van der Waals surface area contributed by atoms with Gasteiger partial charge in [0.05, 0.1) is 6.42 Å². The molecule has 7 heteroatoms. The van der Waals surface area contributed by atoms with Crippen LogP contribution in [0.1, 0.15) is 60.3 Å². The summed E-state index contributed by atoms with van der Waals surface area (Å²) in [6, 6.07) is 0. The minimum atomic E-state index is -2.80. The molecule has 26 heavy (non-hydrogen) atoms. The van der Waals surface area contributed by atoms with Crippen LogP contribution in [0.5, 0.6) is 0 Å². The third kappa shape index (κ3) is 5.34. The molecule has 3 N–H and O–H groups in total. The van der Waals surface area contributed by atoms with Gasteiger partial charge in [-0.3, -0.25) is 9.59 Å². The molecular weight excluding hydrogens is 340 g/mol. The van der Waals surface area contributed by atoms with Crippen LogP contribution in [-0.2, 0) is 19.1 Å². The molecule has 150 valence electrons. The van der Waals surface area contributed by atoms with Crippen LogP contribution in [0.2, 0.25) is 0 Å². The van der Waals surface area contributed by atoms with E-state index in [0.717, 1.165) is 19.8 Å². The fourth-order valence-corrected chi connectivity index (χ4v) is 3.49. The average molecular weight is 372 g/mol. The van der Waals surface area contributed by atoms with Gasteiger partial charge in [0.2, 0.25) is 11.4 Å². The Morgan fingerprint density at radius 3 is 2.12 bits per heavy atom. The van der Waals surface area contributed by atoms with Gasteiger partial charge in [0, 0.05) is 0 Å². The SMILES string of the molecule is CC1CCC(C(C)C)C(OC(=O)C(O)(CC(=O)C(C)O)C(=O)C(C)O)C1. The second-order valence-electron chi connectivity index (χ2n) is 7.99. The Morgan fingerprint density at radius 1 is 1.08 bits per heavy atom. The molecule has 0 amide bonds. The Kier molecular flexibility index (Phi) is 7.92. The van der Waals surface area contributed by atoms with Crippen LogP contribution in [0.15, 0.2) is 0 Å². The highest BCUT2D eigenvalue weighted by molar-refractivity contribution is 6.11. The summed E-state index contributed by atoms with van der Waals surface area (Å²) >= 11 is 0. The van der Waals surface area contributed by atoms with Crippen molar-refractivity contribution in [2.24, 2.45) is 17.8 Å². The molecule has 1 fully saturated rings. The van der Waals surface area contributed by atoms with E-state index in [-0.39, 0.29) is 11.8 Å². The maximum absolute atomic E-state index is 12.7. The lowest BCUT2D eigenvalue weighted by atomic mass is 9.75. The lowest BCUT2D eigenvalue weighted by Crippen LogP contribution is -2.55. The standard InChI is InChI=1S/C19H32O7/c1-10(2)14-7-6-11(3)8-16(14)26-18(24)19(25,17(23)13(5)21)9-15(22)12(4)20/h10-14,16,20-21,25H,6-9H2,1-5H3. The second-order valence-corrected chi connectivity index (χ2v) is 7.99. The second kappa shape index (κ2) is 9.06. The van der Waals surface area contributed by atoms with Crippen molar-refractivity contribution in [1.82, 2.24) is 0 Å². The molecule has 7 nitrogen and oxygen atoms in total. The monoisotopic (exact) mass is 372 g/mol. The number of esters is 1. The molecule has 0 aromatic carbocycles. The number of Topliss-reactive ketones (excluding diaryl/α,β-unsaturated/α-hetero) is 2. The first-order chi connectivity index (χ1) is 11.9. The maximum Gasteiger partial charge on any atom is 0.346 e. The predicted octanol–water partition coefficient (Wildman–Crippen LogP) is 1.01. The van der Waals surface area contributed by atoms with Crippen molar-refractivity contribution in [3.05, 3.63) is 0 Å². The molecule has 1 saturated carbocycles. The van der Waals surface area contributed by atoms with Gasteiger partial charge in [-0.25, -0.2) is 4.79 Å². The molecule has 0 saturated heterocycles. The molecule has 0 aromatic heterocycles. The van der Waals surface area contributed by atoms with E-state index in [2.05, 4.69) is 0 Å². The van der Waals surface area contributed by atoms with Crippen molar-refractivity contribution < 1.29 is 34.4 Å². The number of ether oxygens (including phenoxy) is 1. The Balaban J connectivity index is 3.07. The van der Waals surface area contributed by atoms with Crippen LogP contribution in [0.3, 0.4) is 0 Å². The number of aliphatic hydroxyl groups is 3. The van der Waals surface area contributed by atoms with Crippen molar-refractivity contribution >= 4 is 17.5 Å². The van der Waals surface area contributed by atoms with E-state index in [1.165, 1.54) is 6.92 Å². The Labute approximate surface area is 154 Å². The van der Waals surface area contributed by atoms with E-state index >= 15 is 0 Å². The topological polar surface area (TPSA) is 121 Å². The normalized spacial score (nSPS) is 28.1. The highest BCUT2D eigenvalue weighted by Gasteiger charge is 2.50. The number of carbonyl (C=O) groups is 3. The summed E-state index contributed by atoms with van der Waals surface area (Å²) in [5.41, 5.74) is -2.80. The fraction of sp³-hybridized carbons (Fsp3) is 0.842. The summed E-state index contributed by atoms with van der Waals surface area (Å²) in [5.74, 6) is -2.64. The lowest BCUT2D eigenvalue weighted by molar-refractivity contribution is -0.185. The lowest BCUT2D eigenvalue weighted by Gasteiger charge is -2.38. The van der Waals surface area contributed by atoms with E-state index in [1.54, 1.807) is 0 Å². The highest BCUT2D eigenvalue weighted by atomic mass is 16.6. The average Bonchev–Trinajstić information content (AvgIpc) is 2.53. The van der Waals surface area contributed by atoms with Gasteiger partial charge in [0.25, 0.3) is 0 Å². The van der Waals surface area contributed by atoms with Crippen molar-refractivity contribution in [1.29, 1.82) is 0 Å². The molecule has 0 aliphatic heterocycles. The quantitative estimate of drug-likeness (QED) is 0.429. The smallest absolute Gasteiger partial charge is 0.346 e. The van der Waals surface area contributed by atoms with Gasteiger partial charge < -0.3 is 20.1 Å². The number of hydrogen-bond donors (Lipinski definition) is 3. The number of ketones is 2. The molecule has 0 bridgehead atoms. The maximum atomic E-state index is 12.7. The Bertz CT molecular complexity index is 526. The van der Waals surface area contributed by atoms with Gasteiger partial charge in [0.15, 0.2) is 5.78 Å². The van der Waals surface area contributed by atoms with Gasteiger partial charge in [-0.15, -0.1) is 0 Å². The van der Waals surface area contributed by atoms with Crippen LogP contribution >= 0.6 is 0 Å². The van der Waals surface area contributed by atoms with Crippen LogP contribution in [0.4, 0.5) is 0 Å². The predicted molar refractivity (Wildman–Crippen MR) is 94.2 cm³/mol. The third-order valence-electron chi connectivity index (χ3n) is 5.24. The molecule has 1 aliphatic rings. The third-order valence-corrected chi connectivity index (χ3v) is 5.24. The van der Waals surface area contributed by atoms with Crippen molar-refractivity contribution in [2.45, 2.75) is 84.2 Å². The van der Waals surface area contributed by atoms with E-state index in [9.17, 15) is 29.7 Å². The molecule has 1 rings (SSSR count). The van der Waals surface area contributed by atoms with Crippen LogP contribution in [0, 0.1) is 17.8 Å². The minimum Gasteiger partial charge on any atom is -0.460 e. The van der Waals surface area contributed by atoms with Crippen LogP contribution in [0.25, 0.3) is 0 Å². The van der Waals surface area contributed by atoms with E-state index in [0.29, 0.717) is 12.3 Å². The van der Waals surface area contributed by atoms with E-state index < -0.39 is 47.9 Å². The van der Waals surface area contributed by atoms with Gasteiger partial charge >= 0.3 is 5.97 Å². The Hall–Kier alpha value is -1.31. The van der Waals surface area contributed by atoms with Crippen molar-refractivity contribution in [3.8, 4) is 0 Å². The van der Waals surface area contributed by atoms with Crippen LogP contribution in [-0.4, -0.2) is 56.8 Å². The highest BCUT2D eigenvalue weighted by Crippen LogP contribution is 2.36. The summed E-state index contributed by atoms with van der Waals surface area (Å²) in [5, 5.41) is 29.6. The largest absolute Gasteiger partial charge is 0.460 e. The first-order valence-corrected chi connectivity index (χ1v) is 9.26. The zero-order valence-electron chi connectivity index (χ0n) is 16.3. The first kappa shape index (κ1) is 22.7.